The van der Waals surface area contributed by atoms with E-state index < -0.39 is 0 Å². The Morgan fingerprint density at radius 1 is 1.53 bits per heavy atom. The van der Waals surface area contributed by atoms with E-state index in [1.165, 1.54) is 0 Å². The summed E-state index contributed by atoms with van der Waals surface area (Å²) in [5.41, 5.74) is 0. The second kappa shape index (κ2) is 6.68. The van der Waals surface area contributed by atoms with Crippen LogP contribution in [0.1, 0.15) is 25.5 Å². The van der Waals surface area contributed by atoms with Crippen molar-refractivity contribution in [2.75, 3.05) is 6.54 Å². The van der Waals surface area contributed by atoms with Crippen LogP contribution in [0, 0.1) is 0 Å². The van der Waals surface area contributed by atoms with Gasteiger partial charge in [0.25, 0.3) is 0 Å². The molecule has 0 amide bonds. The number of hydrogen-bond donors (Lipinski definition) is 2. The van der Waals surface area contributed by atoms with Crippen molar-refractivity contribution in [1.82, 2.24) is 5.32 Å². The number of aliphatic hydroxyl groups excluding tert-OH is 1. The van der Waals surface area contributed by atoms with Crippen molar-refractivity contribution in [2.24, 2.45) is 0 Å². The number of halogens is 2. The normalized spacial score (nSPS) is 13.1. The highest BCUT2D eigenvalue weighted by molar-refractivity contribution is 9.13. The lowest BCUT2D eigenvalue weighted by Crippen LogP contribution is -2.25. The molecule has 15 heavy (non-hydrogen) atoms. The Labute approximate surface area is 106 Å². The molecule has 1 aromatic heterocycles. The zero-order valence-electron chi connectivity index (χ0n) is 8.59. The highest BCUT2D eigenvalue weighted by Gasteiger charge is 2.06. The van der Waals surface area contributed by atoms with Crippen LogP contribution in [-0.4, -0.2) is 17.8 Å². The predicted octanol–water partition coefficient (Wildman–Crippen LogP) is 3.06. The molecule has 0 aliphatic heterocycles. The molecule has 0 radical (unpaired) electrons. The molecule has 2 N–H and O–H groups in total. The van der Waals surface area contributed by atoms with Crippen LogP contribution in [0.5, 0.6) is 0 Å². The Balaban J connectivity index is 2.25. The van der Waals surface area contributed by atoms with E-state index in [9.17, 15) is 5.11 Å². The van der Waals surface area contributed by atoms with Crippen LogP contribution in [0.3, 0.4) is 0 Å². The van der Waals surface area contributed by atoms with Crippen LogP contribution in [0.4, 0.5) is 0 Å². The average Bonchev–Trinajstić information content (AvgIpc) is 2.46. The molecule has 0 fully saturated rings. The van der Waals surface area contributed by atoms with E-state index in [4.69, 9.17) is 4.42 Å². The maximum atomic E-state index is 9.48. The van der Waals surface area contributed by atoms with Gasteiger partial charge in [-0.1, -0.05) is 13.3 Å². The topological polar surface area (TPSA) is 45.4 Å². The van der Waals surface area contributed by atoms with Crippen molar-refractivity contribution in [3.8, 4) is 0 Å². The Morgan fingerprint density at radius 2 is 2.27 bits per heavy atom. The van der Waals surface area contributed by atoms with Crippen LogP contribution in [-0.2, 0) is 6.54 Å². The summed E-state index contributed by atoms with van der Waals surface area (Å²) >= 11 is 6.62. The molecule has 1 heterocycles. The number of aliphatic hydroxyl groups is 1. The fourth-order valence-electron chi connectivity index (χ4n) is 1.28. The first-order valence-corrected chi connectivity index (χ1v) is 6.54. The molecule has 3 nitrogen and oxygen atoms in total. The molecule has 0 saturated carbocycles. The Morgan fingerprint density at radius 3 is 2.80 bits per heavy atom. The van der Waals surface area contributed by atoms with Crippen LogP contribution in [0.2, 0.25) is 0 Å². The number of nitrogens with one attached hydrogen (secondary N) is 1. The van der Waals surface area contributed by atoms with Crippen molar-refractivity contribution in [3.05, 3.63) is 21.0 Å². The highest BCUT2D eigenvalue weighted by atomic mass is 79.9. The summed E-state index contributed by atoms with van der Waals surface area (Å²) in [6, 6.07) is 1.91. The first kappa shape index (κ1) is 13.2. The van der Waals surface area contributed by atoms with Gasteiger partial charge in [-0.2, -0.15) is 0 Å². The van der Waals surface area contributed by atoms with E-state index >= 15 is 0 Å². The van der Waals surface area contributed by atoms with Gasteiger partial charge in [0.05, 0.1) is 17.1 Å². The molecule has 86 valence electrons. The molecular weight excluding hydrogens is 326 g/mol. The van der Waals surface area contributed by atoms with E-state index in [2.05, 4.69) is 44.1 Å². The number of rotatable bonds is 6. The minimum Gasteiger partial charge on any atom is -0.452 e. The quantitative estimate of drug-likeness (QED) is 0.836. The van der Waals surface area contributed by atoms with Crippen LogP contribution in [0.15, 0.2) is 19.6 Å². The van der Waals surface area contributed by atoms with Gasteiger partial charge in [0.15, 0.2) is 4.67 Å². The Hall–Kier alpha value is 0.160. The summed E-state index contributed by atoms with van der Waals surface area (Å²) in [4.78, 5) is 0. The van der Waals surface area contributed by atoms with Gasteiger partial charge in [-0.25, -0.2) is 0 Å². The summed E-state index contributed by atoms with van der Waals surface area (Å²) < 4.78 is 6.99. The smallest absolute Gasteiger partial charge is 0.183 e. The fourth-order valence-corrected chi connectivity index (χ4v) is 1.93. The highest BCUT2D eigenvalue weighted by Crippen LogP contribution is 2.26. The van der Waals surface area contributed by atoms with Crippen molar-refractivity contribution in [2.45, 2.75) is 32.4 Å². The van der Waals surface area contributed by atoms with Gasteiger partial charge < -0.3 is 14.8 Å². The van der Waals surface area contributed by atoms with Crippen molar-refractivity contribution >= 4 is 31.9 Å². The summed E-state index contributed by atoms with van der Waals surface area (Å²) in [5.74, 6) is 0.845. The molecule has 1 aromatic rings. The van der Waals surface area contributed by atoms with E-state index in [1.807, 2.05) is 6.07 Å². The second-order valence-electron chi connectivity index (χ2n) is 3.41. The SMILES string of the molecule is CCCC(O)CNCc1cc(Br)c(Br)o1. The predicted molar refractivity (Wildman–Crippen MR) is 66.7 cm³/mol. The minimum atomic E-state index is -0.267. The lowest BCUT2D eigenvalue weighted by atomic mass is 10.2. The van der Waals surface area contributed by atoms with E-state index in [1.54, 1.807) is 0 Å². The number of hydrogen-bond acceptors (Lipinski definition) is 3. The monoisotopic (exact) mass is 339 g/mol. The maximum absolute atomic E-state index is 9.48. The molecule has 1 atom stereocenters. The molecule has 0 aliphatic rings. The summed E-state index contributed by atoms with van der Waals surface area (Å²) in [6.45, 7) is 3.29. The van der Waals surface area contributed by atoms with Gasteiger partial charge in [0.1, 0.15) is 5.76 Å². The summed E-state index contributed by atoms with van der Waals surface area (Å²) in [6.07, 6.45) is 1.57. The average molecular weight is 341 g/mol. The zero-order valence-corrected chi connectivity index (χ0v) is 11.8. The molecule has 0 aliphatic carbocycles. The van der Waals surface area contributed by atoms with Gasteiger partial charge >= 0.3 is 0 Å². The number of furan rings is 1. The molecule has 0 spiro atoms. The Kier molecular flexibility index (Phi) is 5.89. The van der Waals surface area contributed by atoms with Crippen molar-refractivity contribution < 1.29 is 9.52 Å². The van der Waals surface area contributed by atoms with E-state index in [0.29, 0.717) is 17.8 Å². The molecule has 1 rings (SSSR count). The van der Waals surface area contributed by atoms with E-state index in [-0.39, 0.29) is 6.10 Å². The Bertz CT molecular complexity index is 282. The lowest BCUT2D eigenvalue weighted by Gasteiger charge is -2.09. The van der Waals surface area contributed by atoms with Gasteiger partial charge in [-0.05, 0) is 44.3 Å². The van der Waals surface area contributed by atoms with Crippen LogP contribution in [0.25, 0.3) is 0 Å². The van der Waals surface area contributed by atoms with Gasteiger partial charge in [0.2, 0.25) is 0 Å². The third-order valence-corrected chi connectivity index (χ3v) is 3.71. The zero-order chi connectivity index (χ0) is 11.3. The molecular formula is C10H15Br2NO2. The first-order chi connectivity index (χ1) is 7.13. The summed E-state index contributed by atoms with van der Waals surface area (Å²) in [5, 5.41) is 12.6. The molecule has 0 aromatic carbocycles. The third kappa shape index (κ3) is 4.68. The third-order valence-electron chi connectivity index (χ3n) is 2.00. The minimum absolute atomic E-state index is 0.267. The van der Waals surface area contributed by atoms with Crippen molar-refractivity contribution in [3.63, 3.8) is 0 Å². The van der Waals surface area contributed by atoms with Gasteiger partial charge in [0, 0.05) is 6.54 Å². The molecule has 0 bridgehead atoms. The summed E-state index contributed by atoms with van der Waals surface area (Å²) in [7, 11) is 0. The largest absolute Gasteiger partial charge is 0.452 e. The van der Waals surface area contributed by atoms with Gasteiger partial charge in [-0.3, -0.25) is 0 Å². The molecule has 1 unspecified atom stereocenters. The fraction of sp³-hybridized carbons (Fsp3) is 0.600. The second-order valence-corrected chi connectivity index (χ2v) is 4.98. The van der Waals surface area contributed by atoms with Crippen LogP contribution < -0.4 is 5.32 Å². The lowest BCUT2D eigenvalue weighted by molar-refractivity contribution is 0.159. The van der Waals surface area contributed by atoms with E-state index in [0.717, 1.165) is 23.1 Å². The van der Waals surface area contributed by atoms with Gasteiger partial charge in [-0.15, -0.1) is 0 Å². The van der Waals surface area contributed by atoms with Crippen LogP contribution >= 0.6 is 31.9 Å². The standard InChI is InChI=1S/C10H15Br2NO2/c1-2-3-7(14)5-13-6-8-4-9(11)10(12)15-8/h4,7,13-14H,2-3,5-6H2,1H3. The maximum Gasteiger partial charge on any atom is 0.183 e. The molecule has 0 saturated heterocycles. The first-order valence-electron chi connectivity index (χ1n) is 4.96. The van der Waals surface area contributed by atoms with Crippen molar-refractivity contribution in [1.29, 1.82) is 0 Å². The molecule has 5 heteroatoms.